The van der Waals surface area contributed by atoms with Crippen LogP contribution in [0.3, 0.4) is 0 Å². The van der Waals surface area contributed by atoms with Crippen LogP contribution < -0.4 is 9.47 Å². The highest BCUT2D eigenvalue weighted by atomic mass is 32.2. The van der Waals surface area contributed by atoms with Crippen LogP contribution in [0.5, 0.6) is 11.5 Å². The molecule has 0 heterocycles. The van der Waals surface area contributed by atoms with Crippen molar-refractivity contribution >= 4 is 9.84 Å². The second-order valence-electron chi connectivity index (χ2n) is 7.12. The Bertz CT molecular complexity index is 901. The summed E-state index contributed by atoms with van der Waals surface area (Å²) in [5, 5.41) is 9.43. The first-order chi connectivity index (χ1) is 12.9. The van der Waals surface area contributed by atoms with E-state index in [1.54, 1.807) is 0 Å². The van der Waals surface area contributed by atoms with Crippen molar-refractivity contribution in [1.29, 1.82) is 0 Å². The third kappa shape index (κ3) is 5.71. The van der Waals surface area contributed by atoms with E-state index < -0.39 is 9.84 Å². The Balaban J connectivity index is 1.84. The molecule has 0 amide bonds. The average molecular weight is 391 g/mol. The lowest BCUT2D eigenvalue weighted by Gasteiger charge is -2.17. The predicted octanol–water partition coefficient (Wildman–Crippen LogP) is 3.51. The SMILES string of the molecule is Cc1cc(OCCCS(C)(=O)=O)cc(OC2CC2)c1-c1cccc(CO)c1. The molecule has 0 radical (unpaired) electrons. The van der Waals surface area contributed by atoms with Crippen molar-refractivity contribution in [3.05, 3.63) is 47.5 Å². The van der Waals surface area contributed by atoms with Crippen LogP contribution in [0, 0.1) is 6.92 Å². The number of hydrogen-bond acceptors (Lipinski definition) is 5. The monoisotopic (exact) mass is 390 g/mol. The van der Waals surface area contributed by atoms with Gasteiger partial charge in [0.15, 0.2) is 0 Å². The van der Waals surface area contributed by atoms with Gasteiger partial charge in [-0.25, -0.2) is 8.42 Å². The van der Waals surface area contributed by atoms with Crippen LogP contribution in [-0.2, 0) is 16.4 Å². The molecule has 1 aliphatic carbocycles. The zero-order valence-electron chi connectivity index (χ0n) is 15.8. The van der Waals surface area contributed by atoms with E-state index in [4.69, 9.17) is 9.47 Å². The molecule has 1 aliphatic rings. The number of sulfone groups is 1. The summed E-state index contributed by atoms with van der Waals surface area (Å²) in [7, 11) is -2.98. The fourth-order valence-electron chi connectivity index (χ4n) is 2.97. The Morgan fingerprint density at radius 1 is 1.19 bits per heavy atom. The molecular formula is C21H26O5S. The van der Waals surface area contributed by atoms with Gasteiger partial charge in [0.1, 0.15) is 21.3 Å². The Labute approximate surface area is 160 Å². The topological polar surface area (TPSA) is 72.8 Å². The van der Waals surface area contributed by atoms with Gasteiger partial charge in [0.25, 0.3) is 0 Å². The molecule has 5 nitrogen and oxygen atoms in total. The lowest BCUT2D eigenvalue weighted by Crippen LogP contribution is -2.08. The standard InChI is InChI=1S/C21H26O5S/c1-15-11-19(25-9-4-10-27(2,23)24)13-20(26-18-7-8-18)21(15)17-6-3-5-16(12-17)14-22/h3,5-6,11-13,18,22H,4,7-10,14H2,1-2H3. The van der Waals surface area contributed by atoms with Crippen molar-refractivity contribution in [2.75, 3.05) is 18.6 Å². The Hall–Kier alpha value is -2.05. The summed E-state index contributed by atoms with van der Waals surface area (Å²) >= 11 is 0. The number of rotatable bonds is 9. The molecule has 0 atom stereocenters. The molecule has 27 heavy (non-hydrogen) atoms. The minimum Gasteiger partial charge on any atom is -0.493 e. The molecule has 6 heteroatoms. The van der Waals surface area contributed by atoms with Crippen LogP contribution in [-0.4, -0.2) is 38.2 Å². The molecule has 1 saturated carbocycles. The van der Waals surface area contributed by atoms with E-state index in [9.17, 15) is 13.5 Å². The first-order valence-electron chi connectivity index (χ1n) is 9.18. The highest BCUT2D eigenvalue weighted by Gasteiger charge is 2.26. The maximum Gasteiger partial charge on any atom is 0.147 e. The van der Waals surface area contributed by atoms with Crippen molar-refractivity contribution in [3.8, 4) is 22.6 Å². The van der Waals surface area contributed by atoms with Crippen molar-refractivity contribution in [3.63, 3.8) is 0 Å². The maximum atomic E-state index is 11.2. The summed E-state index contributed by atoms with van der Waals surface area (Å²) < 4.78 is 34.4. The van der Waals surface area contributed by atoms with Crippen molar-refractivity contribution in [2.24, 2.45) is 0 Å². The second-order valence-corrected chi connectivity index (χ2v) is 9.38. The largest absolute Gasteiger partial charge is 0.493 e. The van der Waals surface area contributed by atoms with E-state index in [1.807, 2.05) is 43.3 Å². The molecule has 2 aromatic rings. The van der Waals surface area contributed by atoms with Crippen LogP contribution >= 0.6 is 0 Å². The Morgan fingerprint density at radius 2 is 1.96 bits per heavy atom. The maximum absolute atomic E-state index is 11.2. The Morgan fingerprint density at radius 3 is 2.63 bits per heavy atom. The molecule has 146 valence electrons. The van der Waals surface area contributed by atoms with Gasteiger partial charge in [-0.15, -0.1) is 0 Å². The van der Waals surface area contributed by atoms with Gasteiger partial charge in [0.05, 0.1) is 25.1 Å². The number of benzene rings is 2. The Kier molecular flexibility index (Phi) is 6.07. The van der Waals surface area contributed by atoms with Crippen LogP contribution in [0.1, 0.15) is 30.4 Å². The van der Waals surface area contributed by atoms with Gasteiger partial charge in [-0.3, -0.25) is 0 Å². The average Bonchev–Trinajstić information content (AvgIpc) is 3.42. The van der Waals surface area contributed by atoms with Crippen LogP contribution in [0.15, 0.2) is 36.4 Å². The highest BCUT2D eigenvalue weighted by molar-refractivity contribution is 7.90. The normalized spacial score (nSPS) is 14.2. The zero-order valence-corrected chi connectivity index (χ0v) is 16.6. The molecule has 3 rings (SSSR count). The minimum absolute atomic E-state index is 0.00671. The molecule has 0 bridgehead atoms. The summed E-state index contributed by atoms with van der Waals surface area (Å²) in [6.07, 6.45) is 4.03. The molecule has 1 fully saturated rings. The van der Waals surface area contributed by atoms with Gasteiger partial charge in [0.2, 0.25) is 0 Å². The fourth-order valence-corrected chi connectivity index (χ4v) is 3.61. The molecule has 0 unspecified atom stereocenters. The van der Waals surface area contributed by atoms with Gasteiger partial charge in [-0.2, -0.15) is 0 Å². The lowest BCUT2D eigenvalue weighted by molar-refractivity contribution is 0.282. The van der Waals surface area contributed by atoms with Gasteiger partial charge in [-0.05, 0) is 55.0 Å². The third-order valence-electron chi connectivity index (χ3n) is 4.42. The van der Waals surface area contributed by atoms with Gasteiger partial charge in [0, 0.05) is 17.9 Å². The van der Waals surface area contributed by atoms with E-state index in [2.05, 4.69) is 0 Å². The van der Waals surface area contributed by atoms with Crippen molar-refractivity contribution in [2.45, 2.75) is 38.9 Å². The molecule has 2 aromatic carbocycles. The first kappa shape index (κ1) is 19.7. The van der Waals surface area contributed by atoms with E-state index in [-0.39, 0.29) is 18.5 Å². The number of aliphatic hydroxyl groups is 1. The summed E-state index contributed by atoms with van der Waals surface area (Å²) in [6.45, 7) is 2.34. The van der Waals surface area contributed by atoms with E-state index in [1.165, 1.54) is 6.26 Å². The van der Waals surface area contributed by atoms with Crippen molar-refractivity contribution < 1.29 is 23.0 Å². The quantitative estimate of drug-likeness (QED) is 0.664. The molecule has 0 saturated heterocycles. The minimum atomic E-state index is -2.98. The molecule has 1 N–H and O–H groups in total. The highest BCUT2D eigenvalue weighted by Crippen LogP contribution is 2.40. The van der Waals surface area contributed by atoms with Crippen LogP contribution in [0.25, 0.3) is 11.1 Å². The number of hydrogen-bond donors (Lipinski definition) is 1. The number of aliphatic hydroxyl groups excluding tert-OH is 1. The first-order valence-corrected chi connectivity index (χ1v) is 11.2. The fraction of sp³-hybridized carbons (Fsp3) is 0.429. The molecule has 0 aliphatic heterocycles. The van der Waals surface area contributed by atoms with E-state index >= 15 is 0 Å². The summed E-state index contributed by atoms with van der Waals surface area (Å²) in [6, 6.07) is 11.6. The van der Waals surface area contributed by atoms with E-state index in [0.717, 1.165) is 40.8 Å². The lowest BCUT2D eigenvalue weighted by atomic mass is 9.97. The number of ether oxygens (including phenoxy) is 2. The van der Waals surface area contributed by atoms with Gasteiger partial charge in [-0.1, -0.05) is 18.2 Å². The molecular weight excluding hydrogens is 364 g/mol. The van der Waals surface area contributed by atoms with Gasteiger partial charge < -0.3 is 14.6 Å². The van der Waals surface area contributed by atoms with Crippen molar-refractivity contribution in [1.82, 2.24) is 0 Å². The number of aryl methyl sites for hydroxylation is 1. The zero-order chi connectivity index (χ0) is 19.4. The van der Waals surface area contributed by atoms with Crippen LogP contribution in [0.2, 0.25) is 0 Å². The van der Waals surface area contributed by atoms with E-state index in [0.29, 0.717) is 18.8 Å². The summed E-state index contributed by atoms with van der Waals surface area (Å²) in [5.74, 6) is 1.56. The predicted molar refractivity (Wildman–Crippen MR) is 106 cm³/mol. The molecule has 0 spiro atoms. The summed E-state index contributed by atoms with van der Waals surface area (Å²) in [4.78, 5) is 0. The molecule has 0 aromatic heterocycles. The second kappa shape index (κ2) is 8.31. The van der Waals surface area contributed by atoms with Crippen LogP contribution in [0.4, 0.5) is 0 Å². The summed E-state index contributed by atoms with van der Waals surface area (Å²) in [5.41, 5.74) is 3.87. The van der Waals surface area contributed by atoms with Gasteiger partial charge >= 0.3 is 0 Å². The third-order valence-corrected chi connectivity index (χ3v) is 5.45. The smallest absolute Gasteiger partial charge is 0.147 e.